The first kappa shape index (κ1) is 15.7. The van der Waals surface area contributed by atoms with Crippen molar-refractivity contribution in [1.29, 1.82) is 0 Å². The molecule has 0 spiro atoms. The number of esters is 1. The fraction of sp³-hybridized carbons (Fsp3) is 0.364. The highest BCUT2D eigenvalue weighted by molar-refractivity contribution is 7.90. The monoisotopic (exact) mass is 306 g/mol. The molecule has 1 aromatic carbocycles. The molecule has 6 nitrogen and oxygen atoms in total. The van der Waals surface area contributed by atoms with Crippen molar-refractivity contribution in [3.8, 4) is 0 Å². The summed E-state index contributed by atoms with van der Waals surface area (Å²) in [6.45, 7) is 0.0303. The van der Waals surface area contributed by atoms with Crippen molar-refractivity contribution in [3.05, 3.63) is 29.3 Å². The van der Waals surface area contributed by atoms with Gasteiger partial charge in [0.1, 0.15) is 0 Å². The molecule has 0 bridgehead atoms. The van der Waals surface area contributed by atoms with E-state index in [1.54, 1.807) is 18.2 Å². The smallest absolute Gasteiger partial charge is 0.306 e. The summed E-state index contributed by atoms with van der Waals surface area (Å²) < 4.78 is 31.7. The van der Waals surface area contributed by atoms with Crippen LogP contribution in [0, 0.1) is 0 Å². The van der Waals surface area contributed by atoms with E-state index in [0.717, 1.165) is 4.31 Å². The highest BCUT2D eigenvalue weighted by Crippen LogP contribution is 2.16. The number of hydrogen-bond acceptors (Lipinski definition) is 4. The summed E-state index contributed by atoms with van der Waals surface area (Å²) in [5, 5.41) is 0.428. The molecule has 0 aliphatic carbocycles. The predicted octanol–water partition coefficient (Wildman–Crippen LogP) is 1.49. The van der Waals surface area contributed by atoms with E-state index in [-0.39, 0.29) is 13.0 Å². The Hall–Kier alpha value is -1.31. The Morgan fingerprint density at radius 2 is 2.16 bits per heavy atom. The molecule has 0 aromatic heterocycles. The van der Waals surface area contributed by atoms with Crippen LogP contribution in [0.3, 0.4) is 0 Å². The summed E-state index contributed by atoms with van der Waals surface area (Å²) in [7, 11) is -1.10. The van der Waals surface area contributed by atoms with Gasteiger partial charge < -0.3 is 4.74 Å². The van der Waals surface area contributed by atoms with Crippen LogP contribution in [0.25, 0.3) is 0 Å². The number of methoxy groups -OCH3 is 1. The standard InChI is InChI=1S/C11H15ClN2O4S/c1-14(7-6-11(15)18-2)19(16,17)13-10-5-3-4-9(12)8-10/h3-5,8,13H,6-7H2,1-2H3. The van der Waals surface area contributed by atoms with Crippen LogP contribution in [0.15, 0.2) is 24.3 Å². The molecule has 19 heavy (non-hydrogen) atoms. The fourth-order valence-electron chi connectivity index (χ4n) is 1.25. The van der Waals surface area contributed by atoms with Crippen molar-refractivity contribution >= 4 is 33.5 Å². The minimum Gasteiger partial charge on any atom is -0.469 e. The van der Waals surface area contributed by atoms with Gasteiger partial charge in [-0.3, -0.25) is 9.52 Å². The average Bonchev–Trinajstić information content (AvgIpc) is 2.34. The Kier molecular flexibility index (Phi) is 5.59. The van der Waals surface area contributed by atoms with Gasteiger partial charge in [0.25, 0.3) is 0 Å². The van der Waals surface area contributed by atoms with Gasteiger partial charge in [0, 0.05) is 18.6 Å². The number of anilines is 1. The molecule has 106 valence electrons. The molecular formula is C11H15ClN2O4S. The van der Waals surface area contributed by atoms with E-state index < -0.39 is 16.2 Å². The van der Waals surface area contributed by atoms with E-state index in [9.17, 15) is 13.2 Å². The Balaban J connectivity index is 2.67. The topological polar surface area (TPSA) is 75.7 Å². The first-order chi connectivity index (χ1) is 8.85. The lowest BCUT2D eigenvalue weighted by molar-refractivity contribution is -0.140. The zero-order valence-electron chi connectivity index (χ0n) is 10.6. The zero-order chi connectivity index (χ0) is 14.5. The highest BCUT2D eigenvalue weighted by Gasteiger charge is 2.18. The van der Waals surface area contributed by atoms with Crippen LogP contribution in [0.4, 0.5) is 5.69 Å². The SMILES string of the molecule is COC(=O)CCN(C)S(=O)(=O)Nc1cccc(Cl)c1. The Morgan fingerprint density at radius 1 is 1.47 bits per heavy atom. The molecule has 1 aromatic rings. The minimum atomic E-state index is -3.72. The summed E-state index contributed by atoms with van der Waals surface area (Å²) in [4.78, 5) is 11.0. The van der Waals surface area contributed by atoms with E-state index in [1.165, 1.54) is 20.2 Å². The van der Waals surface area contributed by atoms with Gasteiger partial charge in [0.05, 0.1) is 19.2 Å². The number of carbonyl (C=O) groups excluding carboxylic acids is 1. The summed E-state index contributed by atoms with van der Waals surface area (Å²) in [5.41, 5.74) is 0.359. The van der Waals surface area contributed by atoms with Gasteiger partial charge in [-0.1, -0.05) is 17.7 Å². The van der Waals surface area contributed by atoms with Crippen LogP contribution < -0.4 is 4.72 Å². The van der Waals surface area contributed by atoms with Gasteiger partial charge in [-0.15, -0.1) is 0 Å². The molecule has 0 saturated carbocycles. The van der Waals surface area contributed by atoms with E-state index in [2.05, 4.69) is 9.46 Å². The summed E-state index contributed by atoms with van der Waals surface area (Å²) in [5.74, 6) is -0.468. The van der Waals surface area contributed by atoms with Gasteiger partial charge in [0.2, 0.25) is 0 Å². The van der Waals surface area contributed by atoms with Crippen LogP contribution in [-0.2, 0) is 19.7 Å². The summed E-state index contributed by atoms with van der Waals surface area (Å²) >= 11 is 5.77. The molecule has 0 atom stereocenters. The van der Waals surface area contributed by atoms with Crippen molar-refractivity contribution in [2.45, 2.75) is 6.42 Å². The van der Waals surface area contributed by atoms with Crippen LogP contribution in [0.1, 0.15) is 6.42 Å². The molecule has 0 amide bonds. The molecule has 0 heterocycles. The average molecular weight is 307 g/mol. The predicted molar refractivity (Wildman–Crippen MR) is 73.3 cm³/mol. The largest absolute Gasteiger partial charge is 0.469 e. The van der Waals surface area contributed by atoms with Crippen LogP contribution in [-0.4, -0.2) is 39.4 Å². The summed E-state index contributed by atoms with van der Waals surface area (Å²) in [6.07, 6.45) is -0.0105. The van der Waals surface area contributed by atoms with Gasteiger partial charge in [-0.05, 0) is 18.2 Å². The summed E-state index contributed by atoms with van der Waals surface area (Å²) in [6, 6.07) is 6.35. The lowest BCUT2D eigenvalue weighted by Crippen LogP contribution is -2.34. The number of carbonyl (C=O) groups is 1. The maximum absolute atomic E-state index is 11.9. The molecule has 0 unspecified atom stereocenters. The van der Waals surface area contributed by atoms with Crippen LogP contribution >= 0.6 is 11.6 Å². The Bertz CT molecular complexity index is 547. The molecular weight excluding hydrogens is 292 g/mol. The maximum Gasteiger partial charge on any atom is 0.306 e. The first-order valence-corrected chi connectivity index (χ1v) is 7.23. The van der Waals surface area contributed by atoms with Crippen molar-refractivity contribution < 1.29 is 17.9 Å². The fourth-order valence-corrected chi connectivity index (χ4v) is 2.35. The lowest BCUT2D eigenvalue weighted by atomic mass is 10.3. The molecule has 0 fully saturated rings. The third-order valence-corrected chi connectivity index (χ3v) is 4.07. The number of halogens is 1. The number of ether oxygens (including phenoxy) is 1. The zero-order valence-corrected chi connectivity index (χ0v) is 12.2. The van der Waals surface area contributed by atoms with Crippen molar-refractivity contribution in [1.82, 2.24) is 4.31 Å². The lowest BCUT2D eigenvalue weighted by Gasteiger charge is -2.17. The molecule has 0 saturated heterocycles. The van der Waals surface area contributed by atoms with Gasteiger partial charge in [-0.25, -0.2) is 0 Å². The second kappa shape index (κ2) is 6.74. The third-order valence-electron chi connectivity index (χ3n) is 2.34. The second-order valence-corrected chi connectivity index (χ2v) is 5.98. The quantitative estimate of drug-likeness (QED) is 0.808. The number of benzene rings is 1. The van der Waals surface area contributed by atoms with Crippen molar-refractivity contribution in [2.75, 3.05) is 25.4 Å². The number of hydrogen-bond donors (Lipinski definition) is 1. The van der Waals surface area contributed by atoms with Gasteiger partial charge >= 0.3 is 16.2 Å². The third kappa shape index (κ3) is 5.06. The van der Waals surface area contributed by atoms with Crippen molar-refractivity contribution in [3.63, 3.8) is 0 Å². The Labute approximate surface area is 117 Å². The normalized spacial score (nSPS) is 11.4. The van der Waals surface area contributed by atoms with Crippen molar-refractivity contribution in [2.24, 2.45) is 0 Å². The molecule has 1 rings (SSSR count). The Morgan fingerprint density at radius 3 is 2.74 bits per heavy atom. The molecule has 0 aliphatic rings. The number of nitrogens with one attached hydrogen (secondary N) is 1. The van der Waals surface area contributed by atoms with Crippen LogP contribution in [0.5, 0.6) is 0 Å². The van der Waals surface area contributed by atoms with E-state index in [4.69, 9.17) is 11.6 Å². The minimum absolute atomic E-state index is 0.0105. The van der Waals surface area contributed by atoms with Gasteiger partial charge in [-0.2, -0.15) is 12.7 Å². The van der Waals surface area contributed by atoms with Crippen LogP contribution in [0.2, 0.25) is 5.02 Å². The number of nitrogens with zero attached hydrogens (tertiary/aromatic N) is 1. The number of rotatable bonds is 6. The first-order valence-electron chi connectivity index (χ1n) is 5.41. The van der Waals surface area contributed by atoms with E-state index in [1.807, 2.05) is 0 Å². The highest BCUT2D eigenvalue weighted by atomic mass is 35.5. The second-order valence-electron chi connectivity index (χ2n) is 3.77. The van der Waals surface area contributed by atoms with Gasteiger partial charge in [0.15, 0.2) is 0 Å². The van der Waals surface area contributed by atoms with E-state index in [0.29, 0.717) is 10.7 Å². The maximum atomic E-state index is 11.9. The van der Waals surface area contributed by atoms with E-state index >= 15 is 0 Å². The molecule has 1 N–H and O–H groups in total. The molecule has 8 heteroatoms. The molecule has 0 radical (unpaired) electrons. The molecule has 0 aliphatic heterocycles.